The Morgan fingerprint density at radius 2 is 1.89 bits per heavy atom. The molecule has 6 heteroatoms. The molecule has 0 bridgehead atoms. The third kappa shape index (κ3) is 3.33. The molecule has 1 fully saturated rings. The molecule has 0 radical (unpaired) electrons. The highest BCUT2D eigenvalue weighted by atomic mass is 16.3. The van der Waals surface area contributed by atoms with Crippen LogP contribution >= 0.6 is 0 Å². The monoisotopic (exact) mass is 381 g/mol. The number of likely N-dealkylation sites (tertiary alicyclic amines) is 1. The fourth-order valence-electron chi connectivity index (χ4n) is 4.27. The molecule has 2 aliphatic heterocycles. The summed E-state index contributed by atoms with van der Waals surface area (Å²) >= 11 is 0. The molecule has 2 aromatic rings. The Balaban J connectivity index is 1.64. The molecule has 2 amide bonds. The van der Waals surface area contributed by atoms with Crippen molar-refractivity contribution < 1.29 is 14.0 Å². The van der Waals surface area contributed by atoms with Gasteiger partial charge in [0, 0.05) is 32.1 Å². The molecule has 4 rings (SSSR count). The fraction of sp³-hybridized carbons (Fsp3) is 0.455. The number of amides is 2. The van der Waals surface area contributed by atoms with E-state index in [4.69, 9.17) is 10.2 Å². The maximum absolute atomic E-state index is 13.5. The highest BCUT2D eigenvalue weighted by molar-refractivity contribution is 5.96. The van der Waals surface area contributed by atoms with Gasteiger partial charge >= 0.3 is 0 Å². The molecule has 0 spiro atoms. The third-order valence-corrected chi connectivity index (χ3v) is 6.15. The Hall–Kier alpha value is -2.60. The molecule has 3 heterocycles. The molecule has 1 aromatic carbocycles. The number of carbonyl (C=O) groups is 2. The lowest BCUT2D eigenvalue weighted by Gasteiger charge is -2.45. The standard InChI is InChI=1S/C22H27N3O3/c1-22(2)14-24(10-9-19(22)23)20(26)17-12-15-6-3-4-7-16(15)13-25(17)21(27)18-8-5-11-28-18/h3-8,11,17,19H,9-10,12-14,23H2,1-2H3. The van der Waals surface area contributed by atoms with Gasteiger partial charge in [0.2, 0.25) is 5.91 Å². The molecule has 1 saturated heterocycles. The van der Waals surface area contributed by atoms with Gasteiger partial charge in [-0.1, -0.05) is 38.1 Å². The number of fused-ring (bicyclic) bond motifs is 1. The molecule has 2 unspecified atom stereocenters. The zero-order valence-electron chi connectivity index (χ0n) is 16.4. The van der Waals surface area contributed by atoms with Crippen molar-refractivity contribution in [1.82, 2.24) is 9.80 Å². The minimum atomic E-state index is -0.530. The predicted octanol–water partition coefficient (Wildman–Crippen LogP) is 2.43. The molecule has 28 heavy (non-hydrogen) atoms. The van der Waals surface area contributed by atoms with Gasteiger partial charge in [0.15, 0.2) is 5.76 Å². The van der Waals surface area contributed by atoms with Crippen molar-refractivity contribution in [3.63, 3.8) is 0 Å². The largest absolute Gasteiger partial charge is 0.459 e. The Bertz CT molecular complexity index is 875. The Morgan fingerprint density at radius 1 is 1.14 bits per heavy atom. The first-order chi connectivity index (χ1) is 13.4. The first-order valence-electron chi connectivity index (χ1n) is 9.82. The Morgan fingerprint density at radius 3 is 2.57 bits per heavy atom. The average molecular weight is 381 g/mol. The van der Waals surface area contributed by atoms with Crippen molar-refractivity contribution in [1.29, 1.82) is 0 Å². The first kappa shape index (κ1) is 18.7. The van der Waals surface area contributed by atoms with E-state index in [1.165, 1.54) is 6.26 Å². The number of rotatable bonds is 2. The molecular formula is C22H27N3O3. The van der Waals surface area contributed by atoms with Crippen molar-refractivity contribution >= 4 is 11.8 Å². The van der Waals surface area contributed by atoms with Crippen molar-refractivity contribution in [3.05, 3.63) is 59.5 Å². The molecule has 2 N–H and O–H groups in total. The summed E-state index contributed by atoms with van der Waals surface area (Å²) in [6.07, 6.45) is 2.77. The molecule has 1 aromatic heterocycles. The maximum atomic E-state index is 13.5. The van der Waals surface area contributed by atoms with Gasteiger partial charge in [-0.3, -0.25) is 9.59 Å². The second-order valence-corrected chi connectivity index (χ2v) is 8.54. The van der Waals surface area contributed by atoms with Crippen molar-refractivity contribution in [2.24, 2.45) is 11.1 Å². The van der Waals surface area contributed by atoms with Crippen LogP contribution in [0.4, 0.5) is 0 Å². The second-order valence-electron chi connectivity index (χ2n) is 8.54. The summed E-state index contributed by atoms with van der Waals surface area (Å²) in [7, 11) is 0. The van der Waals surface area contributed by atoms with Gasteiger partial charge in [-0.25, -0.2) is 0 Å². The number of furan rings is 1. The van der Waals surface area contributed by atoms with E-state index in [0.29, 0.717) is 26.1 Å². The van der Waals surface area contributed by atoms with Gasteiger partial charge in [-0.2, -0.15) is 0 Å². The van der Waals surface area contributed by atoms with E-state index in [9.17, 15) is 9.59 Å². The van der Waals surface area contributed by atoms with Crippen LogP contribution in [0.3, 0.4) is 0 Å². The van der Waals surface area contributed by atoms with Crippen LogP contribution in [0, 0.1) is 5.41 Å². The van der Waals surface area contributed by atoms with Crippen LogP contribution in [-0.4, -0.2) is 46.8 Å². The summed E-state index contributed by atoms with van der Waals surface area (Å²) in [6, 6.07) is 10.9. The van der Waals surface area contributed by atoms with Crippen LogP contribution in [0.5, 0.6) is 0 Å². The zero-order valence-corrected chi connectivity index (χ0v) is 16.4. The molecule has 2 atom stereocenters. The maximum Gasteiger partial charge on any atom is 0.290 e. The van der Waals surface area contributed by atoms with Gasteiger partial charge in [-0.15, -0.1) is 0 Å². The molecule has 2 aliphatic rings. The topological polar surface area (TPSA) is 79.8 Å². The third-order valence-electron chi connectivity index (χ3n) is 6.15. The van der Waals surface area contributed by atoms with Crippen LogP contribution in [0.2, 0.25) is 0 Å². The number of benzene rings is 1. The molecular weight excluding hydrogens is 354 g/mol. The highest BCUT2D eigenvalue weighted by Crippen LogP contribution is 2.31. The quantitative estimate of drug-likeness (QED) is 0.866. The SMILES string of the molecule is CC1(C)CN(C(=O)C2Cc3ccccc3CN2C(=O)c2ccco2)CCC1N. The average Bonchev–Trinajstić information content (AvgIpc) is 3.22. The van der Waals surface area contributed by atoms with Crippen LogP contribution in [-0.2, 0) is 17.8 Å². The zero-order chi connectivity index (χ0) is 19.9. The molecule has 148 valence electrons. The van der Waals surface area contributed by atoms with Gasteiger partial charge in [0.1, 0.15) is 6.04 Å². The van der Waals surface area contributed by atoms with Gasteiger partial charge in [0.05, 0.1) is 6.26 Å². The van der Waals surface area contributed by atoms with Gasteiger partial charge < -0.3 is 20.0 Å². The summed E-state index contributed by atoms with van der Waals surface area (Å²) in [5.41, 5.74) is 8.30. The number of hydrogen-bond acceptors (Lipinski definition) is 4. The van der Waals surface area contributed by atoms with Gasteiger partial charge in [0.25, 0.3) is 5.91 Å². The smallest absolute Gasteiger partial charge is 0.290 e. The van der Waals surface area contributed by atoms with Crippen LogP contribution in [0.25, 0.3) is 0 Å². The van der Waals surface area contributed by atoms with E-state index in [-0.39, 0.29) is 29.0 Å². The lowest BCUT2D eigenvalue weighted by atomic mass is 9.79. The van der Waals surface area contributed by atoms with Crippen LogP contribution in [0.15, 0.2) is 47.1 Å². The lowest BCUT2D eigenvalue weighted by Crippen LogP contribution is -2.59. The molecule has 0 saturated carbocycles. The normalized spacial score (nSPS) is 24.0. The van der Waals surface area contributed by atoms with Gasteiger partial charge in [-0.05, 0) is 35.1 Å². The van der Waals surface area contributed by atoms with E-state index < -0.39 is 6.04 Å². The second kappa shape index (κ2) is 7.09. The number of carbonyl (C=O) groups excluding carboxylic acids is 2. The minimum Gasteiger partial charge on any atom is -0.459 e. The summed E-state index contributed by atoms with van der Waals surface area (Å²) < 4.78 is 5.32. The summed E-state index contributed by atoms with van der Waals surface area (Å²) in [4.78, 5) is 30.1. The minimum absolute atomic E-state index is 0.00520. The number of piperidine rings is 1. The summed E-state index contributed by atoms with van der Waals surface area (Å²) in [6.45, 7) is 5.83. The van der Waals surface area contributed by atoms with E-state index in [0.717, 1.165) is 17.5 Å². The number of nitrogens with two attached hydrogens (primary N) is 1. The van der Waals surface area contributed by atoms with E-state index in [2.05, 4.69) is 13.8 Å². The van der Waals surface area contributed by atoms with E-state index >= 15 is 0 Å². The van der Waals surface area contributed by atoms with Crippen molar-refractivity contribution in [3.8, 4) is 0 Å². The summed E-state index contributed by atoms with van der Waals surface area (Å²) in [5.74, 6) is 0.0124. The lowest BCUT2D eigenvalue weighted by molar-refractivity contribution is -0.140. The summed E-state index contributed by atoms with van der Waals surface area (Å²) in [5, 5.41) is 0. The fourth-order valence-corrected chi connectivity index (χ4v) is 4.27. The van der Waals surface area contributed by atoms with Crippen LogP contribution in [0.1, 0.15) is 41.9 Å². The van der Waals surface area contributed by atoms with Crippen LogP contribution < -0.4 is 5.73 Å². The Labute approximate surface area is 165 Å². The van der Waals surface area contributed by atoms with E-state index in [1.807, 2.05) is 29.2 Å². The predicted molar refractivity (Wildman–Crippen MR) is 105 cm³/mol. The Kier molecular flexibility index (Phi) is 4.75. The highest BCUT2D eigenvalue weighted by Gasteiger charge is 2.42. The molecule has 0 aliphatic carbocycles. The number of hydrogen-bond donors (Lipinski definition) is 1. The first-order valence-corrected chi connectivity index (χ1v) is 9.82. The number of nitrogens with zero attached hydrogens (tertiary/aromatic N) is 2. The molecule has 6 nitrogen and oxygen atoms in total. The van der Waals surface area contributed by atoms with Crippen molar-refractivity contribution in [2.45, 2.75) is 45.3 Å². The van der Waals surface area contributed by atoms with Crippen molar-refractivity contribution in [2.75, 3.05) is 13.1 Å². The van der Waals surface area contributed by atoms with E-state index in [1.54, 1.807) is 17.0 Å².